The molecule has 0 amide bonds. The molecule has 0 bridgehead atoms. The summed E-state index contributed by atoms with van der Waals surface area (Å²) in [5, 5.41) is 13.9. The summed E-state index contributed by atoms with van der Waals surface area (Å²) >= 11 is 0. The fourth-order valence-corrected chi connectivity index (χ4v) is 4.09. The third-order valence-corrected chi connectivity index (χ3v) is 5.42. The molecule has 1 aliphatic carbocycles. The number of likely N-dealkylation sites (tertiary alicyclic amines) is 1. The smallest absolute Gasteiger partial charge is 0.308 e. The van der Waals surface area contributed by atoms with Crippen molar-refractivity contribution in [3.63, 3.8) is 0 Å². The number of nitrogens with zero attached hydrogens (tertiary/aromatic N) is 1. The monoisotopic (exact) mass is 332 g/mol. The van der Waals surface area contributed by atoms with Crippen LogP contribution in [0.1, 0.15) is 31.2 Å². The van der Waals surface area contributed by atoms with E-state index in [-0.39, 0.29) is 17.9 Å². The highest BCUT2D eigenvalue weighted by Crippen LogP contribution is 2.32. The Morgan fingerprint density at radius 2 is 2.04 bits per heavy atom. The average molecular weight is 332 g/mol. The molecular formula is C19H28N2O3. The van der Waals surface area contributed by atoms with E-state index in [0.29, 0.717) is 18.9 Å². The number of hydrogen-bond donors (Lipinski definition) is 2. The van der Waals surface area contributed by atoms with Gasteiger partial charge in [0.2, 0.25) is 0 Å². The highest BCUT2D eigenvalue weighted by Gasteiger charge is 2.41. The zero-order valence-electron chi connectivity index (χ0n) is 14.6. The van der Waals surface area contributed by atoms with Crippen LogP contribution in [0.15, 0.2) is 24.3 Å². The van der Waals surface area contributed by atoms with Crippen LogP contribution in [0.2, 0.25) is 0 Å². The van der Waals surface area contributed by atoms with Gasteiger partial charge in [0.15, 0.2) is 0 Å². The first-order valence-corrected chi connectivity index (χ1v) is 8.90. The van der Waals surface area contributed by atoms with Crippen molar-refractivity contribution in [3.05, 3.63) is 29.8 Å². The number of aryl methyl sites for hydroxylation is 1. The molecule has 2 N–H and O–H groups in total. The molecule has 3 unspecified atom stereocenters. The van der Waals surface area contributed by atoms with E-state index in [1.165, 1.54) is 18.4 Å². The van der Waals surface area contributed by atoms with Crippen LogP contribution in [-0.4, -0.2) is 54.4 Å². The lowest BCUT2D eigenvalue weighted by atomic mass is 10.0. The molecule has 1 saturated heterocycles. The molecule has 1 saturated carbocycles. The third kappa shape index (κ3) is 3.90. The Hall–Kier alpha value is -1.59. The number of ether oxygens (including phenoxy) is 1. The number of carbonyl (C=O) groups excluding carboxylic acids is 1. The number of methoxy groups -OCH3 is 1. The zero-order valence-corrected chi connectivity index (χ0v) is 14.6. The van der Waals surface area contributed by atoms with Crippen LogP contribution in [0.5, 0.6) is 0 Å². The topological polar surface area (TPSA) is 61.8 Å². The number of anilines is 1. The molecule has 3 atom stereocenters. The maximum atomic E-state index is 11.7. The van der Waals surface area contributed by atoms with Crippen molar-refractivity contribution in [2.75, 3.05) is 25.5 Å². The third-order valence-electron chi connectivity index (χ3n) is 5.42. The van der Waals surface area contributed by atoms with Gasteiger partial charge in [-0.1, -0.05) is 12.1 Å². The van der Waals surface area contributed by atoms with E-state index < -0.39 is 6.10 Å². The minimum absolute atomic E-state index is 0.0917. The Labute approximate surface area is 144 Å². The Morgan fingerprint density at radius 1 is 1.29 bits per heavy atom. The highest BCUT2D eigenvalue weighted by atomic mass is 16.5. The number of rotatable bonds is 4. The predicted molar refractivity (Wildman–Crippen MR) is 93.9 cm³/mol. The van der Waals surface area contributed by atoms with Crippen molar-refractivity contribution in [2.45, 2.75) is 50.8 Å². The number of benzene rings is 1. The Bertz CT molecular complexity index is 569. The number of carbonyl (C=O) groups is 1. The lowest BCUT2D eigenvalue weighted by molar-refractivity contribution is -0.145. The quantitative estimate of drug-likeness (QED) is 0.828. The van der Waals surface area contributed by atoms with Gasteiger partial charge in [0.05, 0.1) is 19.1 Å². The summed E-state index contributed by atoms with van der Waals surface area (Å²) in [7, 11) is 1.42. The van der Waals surface area contributed by atoms with Crippen LogP contribution < -0.4 is 5.32 Å². The molecule has 1 aliphatic heterocycles. The van der Waals surface area contributed by atoms with Gasteiger partial charge in [-0.15, -0.1) is 0 Å². The summed E-state index contributed by atoms with van der Waals surface area (Å²) in [5.74, 6) is -0.342. The maximum Gasteiger partial charge on any atom is 0.308 e. The molecule has 2 aliphatic rings. The van der Waals surface area contributed by atoms with Crippen LogP contribution in [0.3, 0.4) is 0 Å². The molecule has 1 aromatic carbocycles. The largest absolute Gasteiger partial charge is 0.469 e. The second-order valence-electron chi connectivity index (χ2n) is 7.15. The number of hydrogen-bond acceptors (Lipinski definition) is 5. The molecule has 132 valence electrons. The van der Waals surface area contributed by atoms with E-state index in [0.717, 1.165) is 25.9 Å². The molecule has 3 rings (SSSR count). The lowest BCUT2D eigenvalue weighted by Gasteiger charge is -2.37. The number of esters is 1. The van der Waals surface area contributed by atoms with Crippen molar-refractivity contribution in [1.82, 2.24) is 4.90 Å². The minimum Gasteiger partial charge on any atom is -0.469 e. The first-order valence-electron chi connectivity index (χ1n) is 8.90. The summed E-state index contributed by atoms with van der Waals surface area (Å²) in [6, 6.07) is 9.03. The maximum absolute atomic E-state index is 11.7. The lowest BCUT2D eigenvalue weighted by Crippen LogP contribution is -2.47. The Kier molecular flexibility index (Phi) is 5.41. The SMILES string of the molecule is COC(=O)C1CC(O)C(N2CCC(Nc3cccc(C)c3)CC2)C1. The van der Waals surface area contributed by atoms with Crippen LogP contribution >= 0.6 is 0 Å². The van der Waals surface area contributed by atoms with E-state index in [1.54, 1.807) is 0 Å². The van der Waals surface area contributed by atoms with Gasteiger partial charge in [0.1, 0.15) is 0 Å². The fraction of sp³-hybridized carbons (Fsp3) is 0.632. The molecule has 1 heterocycles. The van der Waals surface area contributed by atoms with Gasteiger partial charge in [-0.05, 0) is 50.3 Å². The summed E-state index contributed by atoms with van der Waals surface area (Å²) in [6.07, 6.45) is 2.93. The molecule has 2 fully saturated rings. The zero-order chi connectivity index (χ0) is 17.1. The summed E-state index contributed by atoms with van der Waals surface area (Å²) in [6.45, 7) is 4.02. The summed E-state index contributed by atoms with van der Waals surface area (Å²) < 4.78 is 4.83. The van der Waals surface area contributed by atoms with Crippen LogP contribution in [0.4, 0.5) is 5.69 Å². The van der Waals surface area contributed by atoms with Gasteiger partial charge in [0.25, 0.3) is 0 Å². The number of piperidine rings is 1. The van der Waals surface area contributed by atoms with Crippen molar-refractivity contribution < 1.29 is 14.6 Å². The normalized spacial score (nSPS) is 28.7. The van der Waals surface area contributed by atoms with E-state index >= 15 is 0 Å². The van der Waals surface area contributed by atoms with Crippen molar-refractivity contribution in [2.24, 2.45) is 5.92 Å². The van der Waals surface area contributed by atoms with E-state index in [4.69, 9.17) is 4.74 Å². The van der Waals surface area contributed by atoms with Gasteiger partial charge >= 0.3 is 5.97 Å². The van der Waals surface area contributed by atoms with Crippen LogP contribution in [0, 0.1) is 12.8 Å². The van der Waals surface area contributed by atoms with Crippen molar-refractivity contribution in [3.8, 4) is 0 Å². The van der Waals surface area contributed by atoms with Gasteiger partial charge in [0, 0.05) is 30.9 Å². The molecule has 0 aromatic heterocycles. The summed E-state index contributed by atoms with van der Waals surface area (Å²) in [4.78, 5) is 14.1. The molecule has 24 heavy (non-hydrogen) atoms. The average Bonchev–Trinajstić information content (AvgIpc) is 2.97. The first-order chi connectivity index (χ1) is 11.6. The van der Waals surface area contributed by atoms with Gasteiger partial charge in [-0.3, -0.25) is 9.69 Å². The fourth-order valence-electron chi connectivity index (χ4n) is 4.09. The number of nitrogens with one attached hydrogen (secondary N) is 1. The van der Waals surface area contributed by atoms with Crippen LogP contribution in [0.25, 0.3) is 0 Å². The van der Waals surface area contributed by atoms with Crippen LogP contribution in [-0.2, 0) is 9.53 Å². The Morgan fingerprint density at radius 3 is 2.71 bits per heavy atom. The van der Waals surface area contributed by atoms with Gasteiger partial charge in [-0.2, -0.15) is 0 Å². The predicted octanol–water partition coefficient (Wildman–Crippen LogP) is 2.18. The van der Waals surface area contributed by atoms with E-state index in [2.05, 4.69) is 41.4 Å². The number of aliphatic hydroxyl groups is 1. The molecule has 5 heteroatoms. The summed E-state index contributed by atoms with van der Waals surface area (Å²) in [5.41, 5.74) is 2.44. The molecule has 1 aromatic rings. The second kappa shape index (κ2) is 7.53. The van der Waals surface area contributed by atoms with Gasteiger partial charge < -0.3 is 15.2 Å². The number of aliphatic hydroxyl groups excluding tert-OH is 1. The van der Waals surface area contributed by atoms with Crippen molar-refractivity contribution in [1.29, 1.82) is 0 Å². The van der Waals surface area contributed by atoms with Gasteiger partial charge in [-0.25, -0.2) is 0 Å². The molecule has 0 radical (unpaired) electrons. The molecular weight excluding hydrogens is 304 g/mol. The molecule has 5 nitrogen and oxygen atoms in total. The second-order valence-corrected chi connectivity index (χ2v) is 7.15. The Balaban J connectivity index is 1.51. The standard InChI is InChI=1S/C19H28N2O3/c1-13-4-3-5-16(10-13)20-15-6-8-21(9-7-15)17-11-14(12-18(17)22)19(23)24-2/h3-5,10,14-15,17-18,20,22H,6-9,11-12H2,1-2H3. The highest BCUT2D eigenvalue weighted by molar-refractivity contribution is 5.72. The first kappa shape index (κ1) is 17.2. The van der Waals surface area contributed by atoms with E-state index in [1.807, 2.05) is 0 Å². The molecule has 0 spiro atoms. The minimum atomic E-state index is -0.421. The van der Waals surface area contributed by atoms with Crippen molar-refractivity contribution >= 4 is 11.7 Å². The van der Waals surface area contributed by atoms with E-state index in [9.17, 15) is 9.90 Å².